The molecule has 2 aromatic rings. The molecule has 8 heteroatoms. The highest BCUT2D eigenvalue weighted by Gasteiger charge is 2.20. The number of ketones is 1. The van der Waals surface area contributed by atoms with Gasteiger partial charge in [-0.15, -0.1) is 0 Å². The van der Waals surface area contributed by atoms with E-state index >= 15 is 0 Å². The Bertz CT molecular complexity index is 867. The van der Waals surface area contributed by atoms with Gasteiger partial charge in [-0.3, -0.25) is 18.7 Å². The summed E-state index contributed by atoms with van der Waals surface area (Å²) in [5.74, 6) is -0.0869. The van der Waals surface area contributed by atoms with E-state index in [1.165, 1.54) is 21.2 Å². The Morgan fingerprint density at radius 2 is 1.87 bits per heavy atom. The number of methoxy groups -OCH3 is 1. The molecular weight excluding hydrogens is 300 g/mol. The molecule has 0 aliphatic rings. The van der Waals surface area contributed by atoms with E-state index in [1.54, 1.807) is 24.3 Å². The first-order chi connectivity index (χ1) is 10.9. The Morgan fingerprint density at radius 1 is 1.22 bits per heavy atom. The van der Waals surface area contributed by atoms with E-state index in [-0.39, 0.29) is 17.9 Å². The second kappa shape index (κ2) is 6.39. The third-order valence-electron chi connectivity index (χ3n) is 3.54. The van der Waals surface area contributed by atoms with Gasteiger partial charge in [-0.1, -0.05) is 12.1 Å². The molecule has 1 aromatic carbocycles. The van der Waals surface area contributed by atoms with Gasteiger partial charge in [0.2, 0.25) is 0 Å². The number of carbonyl (C=O) groups is 1. The van der Waals surface area contributed by atoms with Crippen LogP contribution >= 0.6 is 0 Å². The molecule has 2 rings (SSSR count). The molecule has 0 fully saturated rings. The summed E-state index contributed by atoms with van der Waals surface area (Å²) in [5.41, 5.74) is 4.87. The number of rotatable bonds is 5. The van der Waals surface area contributed by atoms with Gasteiger partial charge in [-0.2, -0.15) is 0 Å². The molecule has 0 saturated carbocycles. The third kappa shape index (κ3) is 2.96. The second-order valence-electron chi connectivity index (χ2n) is 4.94. The maximum Gasteiger partial charge on any atom is 0.332 e. The quantitative estimate of drug-likeness (QED) is 0.750. The number of para-hydroxylation sites is 2. The Kier molecular flexibility index (Phi) is 4.54. The van der Waals surface area contributed by atoms with Crippen LogP contribution in [0.15, 0.2) is 33.9 Å². The number of nitrogens with zero attached hydrogens (tertiary/aromatic N) is 2. The molecule has 0 radical (unpaired) electrons. The predicted molar refractivity (Wildman–Crippen MR) is 87.2 cm³/mol. The molecule has 1 aromatic heterocycles. The average molecular weight is 318 g/mol. The average Bonchev–Trinajstić information content (AvgIpc) is 2.56. The summed E-state index contributed by atoms with van der Waals surface area (Å²) in [6, 6.07) is 7.07. The zero-order valence-corrected chi connectivity index (χ0v) is 13.1. The molecular formula is C15H18N4O4. The first-order valence-electron chi connectivity index (χ1n) is 6.84. The highest BCUT2D eigenvalue weighted by molar-refractivity contribution is 6.02. The summed E-state index contributed by atoms with van der Waals surface area (Å²) in [6.07, 6.45) is 0. The highest BCUT2D eigenvalue weighted by atomic mass is 16.5. The van der Waals surface area contributed by atoms with Crippen molar-refractivity contribution >= 4 is 17.3 Å². The number of benzene rings is 1. The fourth-order valence-corrected chi connectivity index (χ4v) is 2.18. The van der Waals surface area contributed by atoms with Gasteiger partial charge in [0.25, 0.3) is 5.56 Å². The van der Waals surface area contributed by atoms with Crippen LogP contribution in [-0.2, 0) is 14.1 Å². The van der Waals surface area contributed by atoms with E-state index in [9.17, 15) is 14.4 Å². The number of carbonyl (C=O) groups excluding carboxylic acids is 1. The number of Topliss-reactive ketones (excluding diaryl/α,β-unsaturated/α-hetero) is 1. The van der Waals surface area contributed by atoms with Crippen molar-refractivity contribution in [2.45, 2.75) is 0 Å². The van der Waals surface area contributed by atoms with Crippen LogP contribution in [0.25, 0.3) is 0 Å². The lowest BCUT2D eigenvalue weighted by Gasteiger charge is -2.13. The SMILES string of the molecule is COc1ccccc1NCC(=O)c1c(N)n(C)c(=O)n(C)c1=O. The Labute approximate surface area is 132 Å². The summed E-state index contributed by atoms with van der Waals surface area (Å²) < 4.78 is 7.10. The zero-order valence-electron chi connectivity index (χ0n) is 13.1. The maximum atomic E-state index is 12.4. The monoisotopic (exact) mass is 318 g/mol. The zero-order chi connectivity index (χ0) is 17.1. The summed E-state index contributed by atoms with van der Waals surface area (Å²) in [5, 5.41) is 2.90. The molecule has 1 heterocycles. The van der Waals surface area contributed by atoms with Crippen molar-refractivity contribution in [3.8, 4) is 5.75 Å². The largest absolute Gasteiger partial charge is 0.495 e. The second-order valence-corrected chi connectivity index (χ2v) is 4.94. The lowest BCUT2D eigenvalue weighted by Crippen LogP contribution is -2.42. The number of nitrogen functional groups attached to an aromatic ring is 1. The van der Waals surface area contributed by atoms with E-state index in [2.05, 4.69) is 5.32 Å². The van der Waals surface area contributed by atoms with Crippen molar-refractivity contribution in [3.63, 3.8) is 0 Å². The third-order valence-corrected chi connectivity index (χ3v) is 3.54. The van der Waals surface area contributed by atoms with Gasteiger partial charge in [0.1, 0.15) is 17.1 Å². The van der Waals surface area contributed by atoms with Gasteiger partial charge in [0.05, 0.1) is 19.3 Å². The van der Waals surface area contributed by atoms with Crippen LogP contribution < -0.4 is 27.0 Å². The van der Waals surface area contributed by atoms with Crippen molar-refractivity contribution < 1.29 is 9.53 Å². The van der Waals surface area contributed by atoms with Crippen LogP contribution in [0.3, 0.4) is 0 Å². The first kappa shape index (κ1) is 16.3. The van der Waals surface area contributed by atoms with Gasteiger partial charge >= 0.3 is 5.69 Å². The molecule has 8 nitrogen and oxygen atoms in total. The van der Waals surface area contributed by atoms with E-state index in [0.29, 0.717) is 11.4 Å². The van der Waals surface area contributed by atoms with Crippen LogP contribution in [0, 0.1) is 0 Å². The van der Waals surface area contributed by atoms with E-state index < -0.39 is 17.0 Å². The number of nitrogens with two attached hydrogens (primary N) is 1. The minimum atomic E-state index is -0.711. The Morgan fingerprint density at radius 3 is 2.52 bits per heavy atom. The van der Waals surface area contributed by atoms with Gasteiger partial charge in [-0.05, 0) is 12.1 Å². The summed E-state index contributed by atoms with van der Waals surface area (Å²) in [6.45, 7) is -0.155. The maximum absolute atomic E-state index is 12.4. The fourth-order valence-electron chi connectivity index (χ4n) is 2.18. The molecule has 0 aliphatic heterocycles. The number of hydrogen-bond acceptors (Lipinski definition) is 6. The van der Waals surface area contributed by atoms with Crippen LogP contribution in [0.4, 0.5) is 11.5 Å². The molecule has 0 atom stereocenters. The van der Waals surface area contributed by atoms with Gasteiger partial charge < -0.3 is 15.8 Å². The number of anilines is 2. The van der Waals surface area contributed by atoms with Crippen LogP contribution in [0.2, 0.25) is 0 Å². The van der Waals surface area contributed by atoms with E-state index in [4.69, 9.17) is 10.5 Å². The molecule has 0 bridgehead atoms. The van der Waals surface area contributed by atoms with Gasteiger partial charge in [-0.25, -0.2) is 4.79 Å². The number of aromatic nitrogens is 2. The van der Waals surface area contributed by atoms with E-state index in [0.717, 1.165) is 9.13 Å². The predicted octanol–water partition coefficient (Wildman–Crippen LogP) is -0.0304. The smallest absolute Gasteiger partial charge is 0.332 e. The number of hydrogen-bond donors (Lipinski definition) is 2. The van der Waals surface area contributed by atoms with Crippen molar-refractivity contribution in [3.05, 3.63) is 50.7 Å². The minimum Gasteiger partial charge on any atom is -0.495 e. The lowest BCUT2D eigenvalue weighted by molar-refractivity contribution is 0.100. The highest BCUT2D eigenvalue weighted by Crippen LogP contribution is 2.22. The topological polar surface area (TPSA) is 108 Å². The lowest BCUT2D eigenvalue weighted by atomic mass is 10.2. The fraction of sp³-hybridized carbons (Fsp3) is 0.267. The molecule has 0 aliphatic carbocycles. The number of nitrogens with one attached hydrogen (secondary N) is 1. The summed E-state index contributed by atoms with van der Waals surface area (Å²) in [7, 11) is 4.22. The normalized spacial score (nSPS) is 10.4. The van der Waals surface area contributed by atoms with E-state index in [1.807, 2.05) is 0 Å². The molecule has 0 saturated heterocycles. The van der Waals surface area contributed by atoms with Gasteiger partial charge in [0, 0.05) is 14.1 Å². The minimum absolute atomic E-state index is 0.148. The first-order valence-corrected chi connectivity index (χ1v) is 6.84. The van der Waals surface area contributed by atoms with Crippen LogP contribution in [0.5, 0.6) is 5.75 Å². The van der Waals surface area contributed by atoms with Gasteiger partial charge in [0.15, 0.2) is 5.78 Å². The van der Waals surface area contributed by atoms with Crippen LogP contribution in [0.1, 0.15) is 10.4 Å². The Balaban J connectivity index is 2.33. The summed E-state index contributed by atoms with van der Waals surface area (Å²) >= 11 is 0. The van der Waals surface area contributed by atoms with Crippen molar-refractivity contribution in [1.29, 1.82) is 0 Å². The molecule has 0 amide bonds. The molecule has 0 unspecified atom stereocenters. The molecule has 23 heavy (non-hydrogen) atoms. The van der Waals surface area contributed by atoms with Crippen molar-refractivity contribution in [2.24, 2.45) is 14.1 Å². The van der Waals surface area contributed by atoms with Crippen molar-refractivity contribution in [2.75, 3.05) is 24.7 Å². The molecule has 122 valence electrons. The number of ether oxygens (including phenoxy) is 1. The summed E-state index contributed by atoms with van der Waals surface area (Å²) in [4.78, 5) is 36.2. The van der Waals surface area contributed by atoms with Crippen LogP contribution in [-0.4, -0.2) is 28.6 Å². The standard InChI is InChI=1S/C15H18N4O4/c1-18-13(16)12(14(21)19(2)15(18)22)10(20)8-17-9-6-4-5-7-11(9)23-3/h4-7,17H,8,16H2,1-3H3. The Hall–Kier alpha value is -3.03. The van der Waals surface area contributed by atoms with Crippen molar-refractivity contribution in [1.82, 2.24) is 9.13 Å². The molecule has 3 N–H and O–H groups in total. The molecule has 0 spiro atoms.